The Hall–Kier alpha value is -1.30. The van der Waals surface area contributed by atoms with Crippen LogP contribution in [0.3, 0.4) is 0 Å². The van der Waals surface area contributed by atoms with Crippen molar-refractivity contribution < 1.29 is 24.2 Å². The number of carboxylic acid groups (broad SMARTS) is 1. The lowest BCUT2D eigenvalue weighted by Crippen LogP contribution is -2.22. The van der Waals surface area contributed by atoms with Gasteiger partial charge in [-0.3, -0.25) is 4.79 Å². The van der Waals surface area contributed by atoms with Gasteiger partial charge in [-0.1, -0.05) is 64.7 Å². The number of carbonyl (C=O) groups excluding carboxylic acids is 1. The largest absolute Gasteiger partial charge is 0.508 e. The molecule has 0 aliphatic heterocycles. The molecule has 28 heavy (non-hydrogen) atoms. The topological polar surface area (TPSA) is 76.1 Å². The van der Waals surface area contributed by atoms with Crippen molar-refractivity contribution in [3.63, 3.8) is 0 Å². The van der Waals surface area contributed by atoms with E-state index >= 15 is 0 Å². The highest BCUT2D eigenvalue weighted by atomic mass is 16.7. The minimum Gasteiger partial charge on any atom is -0.481 e. The van der Waals surface area contributed by atoms with Crippen molar-refractivity contribution in [2.75, 3.05) is 27.2 Å². The predicted molar refractivity (Wildman–Crippen MR) is 113 cm³/mol. The highest BCUT2D eigenvalue weighted by Crippen LogP contribution is 2.16. The van der Waals surface area contributed by atoms with Gasteiger partial charge in [0.05, 0.1) is 6.61 Å². The minimum absolute atomic E-state index is 0.0103. The van der Waals surface area contributed by atoms with Crippen LogP contribution in [-0.2, 0) is 14.3 Å². The summed E-state index contributed by atoms with van der Waals surface area (Å²) in [6, 6.07) is 0. The van der Waals surface area contributed by atoms with Crippen LogP contribution in [0.1, 0.15) is 96.8 Å². The summed E-state index contributed by atoms with van der Waals surface area (Å²) in [6.07, 6.45) is 13.2. The molecule has 0 heterocycles. The van der Waals surface area contributed by atoms with Crippen LogP contribution in [0.2, 0.25) is 0 Å². The van der Waals surface area contributed by atoms with E-state index in [-0.39, 0.29) is 12.5 Å². The molecule has 0 amide bonds. The van der Waals surface area contributed by atoms with Crippen molar-refractivity contribution >= 4 is 12.1 Å². The summed E-state index contributed by atoms with van der Waals surface area (Å²) in [5, 5.41) is 8.89. The van der Waals surface area contributed by atoms with Crippen LogP contribution < -0.4 is 0 Å². The fourth-order valence-electron chi connectivity index (χ4n) is 3.11. The van der Waals surface area contributed by atoms with Crippen LogP contribution in [0.4, 0.5) is 4.79 Å². The van der Waals surface area contributed by atoms with Gasteiger partial charge in [0.2, 0.25) is 0 Å². The lowest BCUT2D eigenvalue weighted by Gasteiger charge is -2.17. The molecule has 166 valence electrons. The number of hydrogen-bond donors (Lipinski definition) is 1. The number of ether oxygens (including phenoxy) is 2. The molecule has 0 unspecified atom stereocenters. The van der Waals surface area contributed by atoms with E-state index in [1.807, 2.05) is 19.0 Å². The van der Waals surface area contributed by atoms with Gasteiger partial charge in [-0.05, 0) is 39.8 Å². The third-order valence-corrected chi connectivity index (χ3v) is 4.79. The van der Waals surface area contributed by atoms with E-state index in [2.05, 4.69) is 6.92 Å². The summed E-state index contributed by atoms with van der Waals surface area (Å²) in [5.74, 6) is -0.865. The number of hydrogen-bond acceptors (Lipinski definition) is 5. The summed E-state index contributed by atoms with van der Waals surface area (Å²) in [5.41, 5.74) is 0. The average Bonchev–Trinajstić information content (AvgIpc) is 2.64. The number of nitrogens with zero attached hydrogens (tertiary/aromatic N) is 1. The third-order valence-electron chi connectivity index (χ3n) is 4.79. The quantitative estimate of drug-likeness (QED) is 0.223. The fourth-order valence-corrected chi connectivity index (χ4v) is 3.11. The van der Waals surface area contributed by atoms with Crippen molar-refractivity contribution in [3.05, 3.63) is 0 Å². The zero-order valence-electron chi connectivity index (χ0n) is 18.4. The molecular formula is C22H43NO5. The van der Waals surface area contributed by atoms with Crippen molar-refractivity contribution in [1.82, 2.24) is 4.90 Å². The van der Waals surface area contributed by atoms with Crippen LogP contribution >= 0.6 is 0 Å². The molecule has 1 atom stereocenters. The first-order valence-electron chi connectivity index (χ1n) is 11.2. The van der Waals surface area contributed by atoms with Gasteiger partial charge in [0.1, 0.15) is 6.10 Å². The lowest BCUT2D eigenvalue weighted by molar-refractivity contribution is -0.137. The molecule has 0 saturated heterocycles. The molecule has 0 aliphatic rings. The van der Waals surface area contributed by atoms with Crippen molar-refractivity contribution in [1.29, 1.82) is 0 Å². The summed E-state index contributed by atoms with van der Waals surface area (Å²) >= 11 is 0. The predicted octanol–water partition coefficient (Wildman–Crippen LogP) is 5.64. The van der Waals surface area contributed by atoms with E-state index in [9.17, 15) is 9.59 Å². The Balaban J connectivity index is 3.89. The molecule has 0 aliphatic carbocycles. The zero-order valence-corrected chi connectivity index (χ0v) is 18.4. The summed E-state index contributed by atoms with van der Waals surface area (Å²) in [7, 11) is 3.93. The molecule has 1 N–H and O–H groups in total. The lowest BCUT2D eigenvalue weighted by atomic mass is 10.0. The molecule has 0 rings (SSSR count). The molecule has 6 heteroatoms. The zero-order chi connectivity index (χ0) is 21.0. The maximum Gasteiger partial charge on any atom is 0.508 e. The van der Waals surface area contributed by atoms with Crippen LogP contribution in [0.5, 0.6) is 0 Å². The number of carboxylic acids is 1. The standard InChI is InChI=1S/C22H43NO5/c1-4-5-6-7-8-9-10-11-12-13-15-20(16-17-21(24)25)28-22(26)27-19-14-18-23(2)3/h20H,4-19H2,1-3H3,(H,24,25)/t20-/m1/s1. The Bertz CT molecular complexity index is 387. The van der Waals surface area contributed by atoms with Gasteiger partial charge in [-0.15, -0.1) is 0 Å². The smallest absolute Gasteiger partial charge is 0.481 e. The molecule has 0 aromatic carbocycles. The fraction of sp³-hybridized carbons (Fsp3) is 0.909. The first kappa shape index (κ1) is 26.7. The first-order valence-corrected chi connectivity index (χ1v) is 11.2. The second-order valence-electron chi connectivity index (χ2n) is 7.90. The van der Waals surface area contributed by atoms with Gasteiger partial charge in [0.25, 0.3) is 0 Å². The molecule has 0 aromatic rings. The minimum atomic E-state index is -0.865. The van der Waals surface area contributed by atoms with E-state index in [1.165, 1.54) is 51.4 Å². The second kappa shape index (κ2) is 19.0. The number of aliphatic carboxylic acids is 1. The van der Waals surface area contributed by atoms with Crippen LogP contribution in [0.15, 0.2) is 0 Å². The van der Waals surface area contributed by atoms with Crippen molar-refractivity contribution in [2.24, 2.45) is 0 Å². The van der Waals surface area contributed by atoms with Gasteiger partial charge in [-0.2, -0.15) is 0 Å². The van der Waals surface area contributed by atoms with Gasteiger partial charge in [0, 0.05) is 13.0 Å². The highest BCUT2D eigenvalue weighted by Gasteiger charge is 2.17. The Kier molecular flexibility index (Phi) is 18.2. The molecule has 0 saturated carbocycles. The highest BCUT2D eigenvalue weighted by molar-refractivity contribution is 5.66. The summed E-state index contributed by atoms with van der Waals surface area (Å²) in [6.45, 7) is 3.40. The van der Waals surface area contributed by atoms with E-state index in [0.29, 0.717) is 19.4 Å². The second-order valence-corrected chi connectivity index (χ2v) is 7.90. The Morgan fingerprint density at radius 2 is 1.43 bits per heavy atom. The monoisotopic (exact) mass is 401 g/mol. The van der Waals surface area contributed by atoms with Crippen molar-refractivity contribution in [2.45, 2.75) is 103 Å². The molecular weight excluding hydrogens is 358 g/mol. The average molecular weight is 402 g/mol. The van der Waals surface area contributed by atoms with E-state index in [0.717, 1.165) is 25.8 Å². The van der Waals surface area contributed by atoms with Crippen LogP contribution in [0.25, 0.3) is 0 Å². The van der Waals surface area contributed by atoms with Crippen LogP contribution in [0, 0.1) is 0 Å². The maximum atomic E-state index is 11.8. The van der Waals surface area contributed by atoms with Crippen molar-refractivity contribution in [3.8, 4) is 0 Å². The summed E-state index contributed by atoms with van der Waals surface area (Å²) in [4.78, 5) is 24.7. The molecule has 0 radical (unpaired) electrons. The molecule has 0 bridgehead atoms. The molecule has 0 aromatic heterocycles. The van der Waals surface area contributed by atoms with E-state index in [4.69, 9.17) is 14.6 Å². The van der Waals surface area contributed by atoms with Gasteiger partial charge < -0.3 is 19.5 Å². The third kappa shape index (κ3) is 19.5. The van der Waals surface area contributed by atoms with Crippen LogP contribution in [-0.4, -0.2) is 55.5 Å². The Morgan fingerprint density at radius 3 is 1.96 bits per heavy atom. The number of unbranched alkanes of at least 4 members (excludes halogenated alkanes) is 9. The molecule has 0 fully saturated rings. The Labute approximate surface area is 172 Å². The van der Waals surface area contributed by atoms with Gasteiger partial charge in [-0.25, -0.2) is 4.79 Å². The number of rotatable bonds is 19. The maximum absolute atomic E-state index is 11.8. The molecule has 0 spiro atoms. The summed E-state index contributed by atoms with van der Waals surface area (Å²) < 4.78 is 10.4. The Morgan fingerprint density at radius 1 is 0.857 bits per heavy atom. The molecule has 6 nitrogen and oxygen atoms in total. The van der Waals surface area contributed by atoms with Gasteiger partial charge in [0.15, 0.2) is 0 Å². The SMILES string of the molecule is CCCCCCCCCCCC[C@H](CCC(=O)O)OC(=O)OCCCN(C)C. The normalized spacial score (nSPS) is 12.1. The first-order chi connectivity index (χ1) is 13.5. The number of carbonyl (C=O) groups is 2. The van der Waals surface area contributed by atoms with Gasteiger partial charge >= 0.3 is 12.1 Å². The van der Waals surface area contributed by atoms with E-state index in [1.54, 1.807) is 0 Å². The van der Waals surface area contributed by atoms with E-state index < -0.39 is 12.1 Å².